The van der Waals surface area contributed by atoms with Crippen LogP contribution in [0.5, 0.6) is 11.5 Å². The summed E-state index contributed by atoms with van der Waals surface area (Å²) in [7, 11) is 0. The number of ether oxygens (including phenoxy) is 1. The van der Waals surface area contributed by atoms with Gasteiger partial charge in [-0.3, -0.25) is 0 Å². The van der Waals surface area contributed by atoms with Crippen molar-refractivity contribution in [1.82, 2.24) is 0 Å². The molecule has 1 aliphatic rings. The number of benzene rings is 3. The third-order valence-electron chi connectivity index (χ3n) is 5.08. The molecule has 140 valence electrons. The van der Waals surface area contributed by atoms with Crippen LogP contribution in [0.15, 0.2) is 60.7 Å². The van der Waals surface area contributed by atoms with Gasteiger partial charge in [0.25, 0.3) is 0 Å². The van der Waals surface area contributed by atoms with Crippen LogP contribution in [0.4, 0.5) is 0 Å². The van der Waals surface area contributed by atoms with E-state index in [1.54, 1.807) is 12.1 Å². The highest BCUT2D eigenvalue weighted by atomic mass is 16.5. The molecule has 0 bridgehead atoms. The first kappa shape index (κ1) is 18.1. The minimum Gasteiger partial charge on any atom is -0.478 e. The molecule has 0 fully saturated rings. The van der Waals surface area contributed by atoms with Crippen molar-refractivity contribution in [1.29, 1.82) is 0 Å². The summed E-state index contributed by atoms with van der Waals surface area (Å²) in [6.45, 7) is 10.5. The Morgan fingerprint density at radius 2 is 1.68 bits per heavy atom. The zero-order valence-electron chi connectivity index (χ0n) is 16.2. The van der Waals surface area contributed by atoms with Gasteiger partial charge in [-0.1, -0.05) is 69.8 Å². The highest BCUT2D eigenvalue weighted by Crippen LogP contribution is 2.39. The number of hydrogen-bond donors (Lipinski definition) is 1. The van der Waals surface area contributed by atoms with Crippen LogP contribution in [0.25, 0.3) is 12.2 Å². The number of carbonyl (C=O) groups is 1. The molecule has 3 aromatic carbocycles. The maximum atomic E-state index is 11.9. The second-order valence-corrected chi connectivity index (χ2v) is 8.12. The van der Waals surface area contributed by atoms with E-state index in [0.717, 1.165) is 32.9 Å². The van der Waals surface area contributed by atoms with E-state index in [1.807, 2.05) is 36.4 Å². The van der Waals surface area contributed by atoms with Gasteiger partial charge in [0.2, 0.25) is 0 Å². The van der Waals surface area contributed by atoms with Crippen molar-refractivity contribution in [3.63, 3.8) is 0 Å². The van der Waals surface area contributed by atoms with Crippen LogP contribution < -0.4 is 15.2 Å². The standard InChI is InChI=1S/C25H22O3/c1-15-9-11-19-21(13-15)28-22-14-16(25(2,3)4)10-12-20(22)23(19)17-7-5-6-8-18(17)24(26)27/h5-14H,1H2,2-4H3,(H,26,27). The largest absolute Gasteiger partial charge is 0.478 e. The summed E-state index contributed by atoms with van der Waals surface area (Å²) in [5.41, 5.74) is 3.86. The van der Waals surface area contributed by atoms with Gasteiger partial charge in [-0.25, -0.2) is 4.79 Å². The Kier molecular flexibility index (Phi) is 4.11. The fourth-order valence-corrected chi connectivity index (χ4v) is 3.58. The lowest BCUT2D eigenvalue weighted by Gasteiger charge is -2.25. The van der Waals surface area contributed by atoms with Gasteiger partial charge in [0, 0.05) is 16.4 Å². The minimum atomic E-state index is -0.946. The average molecular weight is 370 g/mol. The number of aromatic carboxylic acids is 1. The number of hydrogen-bond acceptors (Lipinski definition) is 2. The molecule has 0 aromatic heterocycles. The van der Waals surface area contributed by atoms with Crippen molar-refractivity contribution >= 4 is 18.1 Å². The van der Waals surface area contributed by atoms with E-state index >= 15 is 0 Å². The normalized spacial score (nSPS) is 12.8. The van der Waals surface area contributed by atoms with Crippen LogP contribution in [0.2, 0.25) is 0 Å². The van der Waals surface area contributed by atoms with Crippen LogP contribution in [0.3, 0.4) is 0 Å². The zero-order valence-corrected chi connectivity index (χ0v) is 16.2. The Hall–Kier alpha value is -3.33. The fraction of sp³-hybridized carbons (Fsp3) is 0.160. The molecular weight excluding hydrogens is 348 g/mol. The fourth-order valence-electron chi connectivity index (χ4n) is 3.58. The Bertz CT molecular complexity index is 1210. The summed E-state index contributed by atoms with van der Waals surface area (Å²) in [4.78, 5) is 11.9. The van der Waals surface area contributed by atoms with Crippen molar-refractivity contribution in [3.05, 3.63) is 93.4 Å². The first-order valence-corrected chi connectivity index (χ1v) is 9.24. The van der Waals surface area contributed by atoms with E-state index in [9.17, 15) is 9.90 Å². The summed E-state index contributed by atoms with van der Waals surface area (Å²) in [6, 6.07) is 19.0. The minimum absolute atomic E-state index is 0.0219. The molecule has 0 saturated carbocycles. The maximum absolute atomic E-state index is 11.9. The van der Waals surface area contributed by atoms with E-state index in [2.05, 4.69) is 39.5 Å². The van der Waals surface area contributed by atoms with Crippen LogP contribution in [-0.2, 0) is 5.41 Å². The summed E-state index contributed by atoms with van der Waals surface area (Å²) in [5, 5.41) is 11.5. The number of carboxylic acids is 1. The number of fused-ring (bicyclic) bond motifs is 2. The lowest BCUT2D eigenvalue weighted by molar-refractivity contribution is 0.0696. The zero-order chi connectivity index (χ0) is 20.1. The van der Waals surface area contributed by atoms with Gasteiger partial charge in [-0.15, -0.1) is 0 Å². The smallest absolute Gasteiger partial charge is 0.336 e. The van der Waals surface area contributed by atoms with E-state index in [0.29, 0.717) is 11.3 Å². The molecule has 0 saturated heterocycles. The van der Waals surface area contributed by atoms with Gasteiger partial charge < -0.3 is 9.84 Å². The van der Waals surface area contributed by atoms with Crippen molar-refractivity contribution in [2.75, 3.05) is 0 Å². The molecular formula is C25H22O3. The molecule has 0 unspecified atom stereocenters. The number of rotatable bonds is 2. The second-order valence-electron chi connectivity index (χ2n) is 8.12. The summed E-state index contributed by atoms with van der Waals surface area (Å²) < 4.78 is 6.24. The third kappa shape index (κ3) is 2.99. The molecule has 3 heteroatoms. The molecule has 0 spiro atoms. The first-order chi connectivity index (χ1) is 13.3. The monoisotopic (exact) mass is 370 g/mol. The Morgan fingerprint density at radius 1 is 0.929 bits per heavy atom. The van der Waals surface area contributed by atoms with Gasteiger partial charge in [0.1, 0.15) is 11.5 Å². The van der Waals surface area contributed by atoms with Crippen molar-refractivity contribution in [2.45, 2.75) is 26.2 Å². The molecule has 1 aliphatic heterocycles. The highest BCUT2D eigenvalue weighted by Gasteiger charge is 2.25. The van der Waals surface area contributed by atoms with E-state index < -0.39 is 5.97 Å². The van der Waals surface area contributed by atoms with Gasteiger partial charge in [0.15, 0.2) is 0 Å². The number of carboxylic acid groups (broad SMARTS) is 1. The molecule has 3 nitrogen and oxygen atoms in total. The molecule has 1 heterocycles. The quantitative estimate of drug-likeness (QED) is 0.567. The topological polar surface area (TPSA) is 46.5 Å². The first-order valence-electron chi connectivity index (χ1n) is 9.24. The maximum Gasteiger partial charge on any atom is 0.336 e. The highest BCUT2D eigenvalue weighted by molar-refractivity contribution is 5.98. The SMILES string of the molecule is C=c1ccc2c(c1)Oc1cc(C(C)(C)C)ccc1C=2c1ccccc1C(=O)O. The summed E-state index contributed by atoms with van der Waals surface area (Å²) in [6.07, 6.45) is 0. The van der Waals surface area contributed by atoms with Crippen LogP contribution in [-0.4, -0.2) is 11.1 Å². The van der Waals surface area contributed by atoms with Crippen LogP contribution in [0, 0.1) is 0 Å². The van der Waals surface area contributed by atoms with E-state index in [-0.39, 0.29) is 11.0 Å². The molecule has 4 rings (SSSR count). The van der Waals surface area contributed by atoms with Crippen molar-refractivity contribution in [2.24, 2.45) is 0 Å². The summed E-state index contributed by atoms with van der Waals surface area (Å²) >= 11 is 0. The lowest BCUT2D eigenvalue weighted by Crippen LogP contribution is -2.21. The Balaban J connectivity index is 2.10. The molecule has 0 atom stereocenters. The van der Waals surface area contributed by atoms with Gasteiger partial charge in [-0.05, 0) is 40.0 Å². The van der Waals surface area contributed by atoms with Gasteiger partial charge in [-0.2, -0.15) is 0 Å². The van der Waals surface area contributed by atoms with Crippen LogP contribution >= 0.6 is 0 Å². The van der Waals surface area contributed by atoms with Gasteiger partial charge in [0.05, 0.1) is 5.56 Å². The third-order valence-corrected chi connectivity index (χ3v) is 5.08. The molecule has 0 radical (unpaired) electrons. The van der Waals surface area contributed by atoms with E-state index in [4.69, 9.17) is 4.74 Å². The predicted octanol–water partition coefficient (Wildman–Crippen LogP) is 4.45. The lowest BCUT2D eigenvalue weighted by atomic mass is 9.83. The molecule has 28 heavy (non-hydrogen) atoms. The second kappa shape index (κ2) is 6.38. The van der Waals surface area contributed by atoms with Crippen molar-refractivity contribution < 1.29 is 14.6 Å². The predicted molar refractivity (Wildman–Crippen MR) is 111 cm³/mol. The molecule has 1 N–H and O–H groups in total. The van der Waals surface area contributed by atoms with Crippen molar-refractivity contribution in [3.8, 4) is 11.5 Å². The van der Waals surface area contributed by atoms with E-state index in [1.165, 1.54) is 0 Å². The molecule has 3 aromatic rings. The average Bonchev–Trinajstić information content (AvgIpc) is 2.64. The van der Waals surface area contributed by atoms with Crippen LogP contribution in [0.1, 0.15) is 47.8 Å². The van der Waals surface area contributed by atoms with Gasteiger partial charge >= 0.3 is 5.97 Å². The Labute approximate surface area is 164 Å². The summed E-state index contributed by atoms with van der Waals surface area (Å²) in [5.74, 6) is 0.486. The Morgan fingerprint density at radius 3 is 2.39 bits per heavy atom. The molecule has 0 amide bonds. The molecule has 0 aliphatic carbocycles.